The minimum atomic E-state index is -0.620. The Kier molecular flexibility index (Phi) is 6.56. The molecule has 0 aromatic carbocycles. The predicted molar refractivity (Wildman–Crippen MR) is 103 cm³/mol. The summed E-state index contributed by atoms with van der Waals surface area (Å²) in [6.07, 6.45) is 3.49. The number of aromatic nitrogens is 3. The second-order valence-corrected chi connectivity index (χ2v) is 6.34. The number of aromatic hydroxyl groups is 1. The van der Waals surface area contributed by atoms with Crippen molar-refractivity contribution in [2.45, 2.75) is 33.5 Å². The van der Waals surface area contributed by atoms with Crippen molar-refractivity contribution in [1.82, 2.24) is 9.13 Å². The highest BCUT2D eigenvalue weighted by atomic mass is 32.1. The van der Waals surface area contributed by atoms with E-state index >= 15 is 0 Å². The Balaban J connectivity index is 2.15. The maximum atomic E-state index is 12.4. The number of nitrogens with zero attached hydrogens (tertiary/aromatic N) is 4. The van der Waals surface area contributed by atoms with Gasteiger partial charge in [0.05, 0.1) is 0 Å². The van der Waals surface area contributed by atoms with E-state index in [1.54, 1.807) is 30.8 Å². The molecule has 0 aliphatic rings. The zero-order chi connectivity index (χ0) is 20.1. The summed E-state index contributed by atoms with van der Waals surface area (Å²) in [6, 6.07) is 3.72. The van der Waals surface area contributed by atoms with E-state index in [0.717, 1.165) is 5.69 Å². The molecule has 0 fully saturated rings. The van der Waals surface area contributed by atoms with Crippen LogP contribution < -0.4 is 20.5 Å². The highest BCUT2D eigenvalue weighted by molar-refractivity contribution is 7.71. The molecular weight excluding hydrogens is 370 g/mol. The number of anilines is 2. The van der Waals surface area contributed by atoms with E-state index in [4.69, 9.17) is 17.1 Å². The molecule has 9 nitrogen and oxygen atoms in total. The molecule has 0 aliphatic heterocycles. The molecule has 0 saturated carbocycles. The minimum Gasteiger partial charge on any atom is -0.493 e. The Labute approximate surface area is 162 Å². The summed E-state index contributed by atoms with van der Waals surface area (Å²) in [4.78, 5) is 31.4. The molecule has 10 heteroatoms. The van der Waals surface area contributed by atoms with Crippen molar-refractivity contribution in [1.29, 1.82) is 0 Å². The van der Waals surface area contributed by atoms with Crippen molar-refractivity contribution in [2.75, 3.05) is 24.5 Å². The number of carbonyl (C=O) groups excluding carboxylic acids is 1. The van der Waals surface area contributed by atoms with Crippen molar-refractivity contribution >= 4 is 29.6 Å². The van der Waals surface area contributed by atoms with Gasteiger partial charge in [-0.05, 0) is 26.1 Å². The van der Waals surface area contributed by atoms with E-state index in [0.29, 0.717) is 13.1 Å². The fourth-order valence-corrected chi connectivity index (χ4v) is 2.91. The molecule has 0 amide bonds. The molecule has 0 spiro atoms. The SMILES string of the molecule is CCn1c(O)c(NOC(=O)C[n+]2ccc(N(C)C)cc2)c(=O)n(CC)c1=S. The van der Waals surface area contributed by atoms with Crippen LogP contribution in [0.25, 0.3) is 0 Å². The minimum absolute atomic E-state index is 0.0592. The Hall–Kier alpha value is -2.88. The van der Waals surface area contributed by atoms with Gasteiger partial charge in [-0.1, -0.05) is 0 Å². The molecule has 2 rings (SSSR count). The molecule has 0 aliphatic carbocycles. The molecule has 0 saturated heterocycles. The summed E-state index contributed by atoms with van der Waals surface area (Å²) in [5, 5.41) is 10.3. The third-order valence-corrected chi connectivity index (χ3v) is 4.44. The van der Waals surface area contributed by atoms with Crippen molar-refractivity contribution in [3.63, 3.8) is 0 Å². The number of carbonyl (C=O) groups is 1. The first kappa shape index (κ1) is 20.4. The standard InChI is InChI=1S/C17H23N5O4S/c1-5-21-15(24)14(16(25)22(6-2)17(21)27)18-26-13(23)11-20-9-7-12(8-10-20)19(3)4/h7-10,18H,5-6,11H2,1-4H3/p+1. The molecule has 0 radical (unpaired) electrons. The molecule has 0 atom stereocenters. The quantitative estimate of drug-likeness (QED) is 0.412. The fraction of sp³-hybridized carbons (Fsp3) is 0.412. The largest absolute Gasteiger partial charge is 0.493 e. The maximum Gasteiger partial charge on any atom is 0.397 e. The first-order valence-electron chi connectivity index (χ1n) is 8.48. The van der Waals surface area contributed by atoms with Crippen LogP contribution >= 0.6 is 12.2 Å². The zero-order valence-electron chi connectivity index (χ0n) is 15.8. The molecule has 2 aromatic heterocycles. The number of pyridine rings is 1. The topological polar surface area (TPSA) is 92.6 Å². The van der Waals surface area contributed by atoms with Gasteiger partial charge in [-0.25, -0.2) is 10.3 Å². The average molecular weight is 394 g/mol. The van der Waals surface area contributed by atoms with Crippen LogP contribution in [0, 0.1) is 4.77 Å². The Morgan fingerprint density at radius 1 is 1.26 bits per heavy atom. The fourth-order valence-electron chi connectivity index (χ4n) is 2.48. The van der Waals surface area contributed by atoms with Crippen LogP contribution in [0.4, 0.5) is 11.4 Å². The van der Waals surface area contributed by atoms with Crippen LogP contribution in [-0.4, -0.2) is 34.3 Å². The molecule has 146 valence electrons. The Bertz CT molecular complexity index is 934. The Morgan fingerprint density at radius 3 is 2.37 bits per heavy atom. The number of nitrogens with one attached hydrogen (secondary N) is 1. The van der Waals surface area contributed by atoms with Gasteiger partial charge in [-0.3, -0.25) is 13.9 Å². The van der Waals surface area contributed by atoms with Crippen LogP contribution in [-0.2, 0) is 29.3 Å². The van der Waals surface area contributed by atoms with Gasteiger partial charge in [-0.2, -0.15) is 4.57 Å². The van der Waals surface area contributed by atoms with E-state index in [9.17, 15) is 14.7 Å². The molecule has 0 unspecified atom stereocenters. The molecular formula is C17H24N5O4S+. The molecule has 2 N–H and O–H groups in total. The van der Waals surface area contributed by atoms with Crippen molar-refractivity contribution in [2.24, 2.45) is 0 Å². The van der Waals surface area contributed by atoms with Crippen molar-refractivity contribution in [3.8, 4) is 5.88 Å². The smallest absolute Gasteiger partial charge is 0.397 e. The highest BCUT2D eigenvalue weighted by Gasteiger charge is 2.18. The lowest BCUT2D eigenvalue weighted by molar-refractivity contribution is -0.685. The lowest BCUT2D eigenvalue weighted by Crippen LogP contribution is -2.39. The zero-order valence-corrected chi connectivity index (χ0v) is 16.6. The average Bonchev–Trinajstić information content (AvgIpc) is 2.62. The van der Waals surface area contributed by atoms with Gasteiger partial charge in [0, 0.05) is 45.0 Å². The maximum absolute atomic E-state index is 12.4. The molecule has 27 heavy (non-hydrogen) atoms. The van der Waals surface area contributed by atoms with Gasteiger partial charge < -0.3 is 14.8 Å². The van der Waals surface area contributed by atoms with Crippen molar-refractivity contribution < 1.29 is 19.3 Å². The van der Waals surface area contributed by atoms with Gasteiger partial charge in [0.25, 0.3) is 5.56 Å². The molecule has 0 bridgehead atoms. The third-order valence-electron chi connectivity index (χ3n) is 4.00. The van der Waals surface area contributed by atoms with E-state index in [-0.39, 0.29) is 22.9 Å². The van der Waals surface area contributed by atoms with Gasteiger partial charge >= 0.3 is 5.97 Å². The van der Waals surface area contributed by atoms with E-state index in [1.807, 2.05) is 31.1 Å². The van der Waals surface area contributed by atoms with Crippen LogP contribution in [0.3, 0.4) is 0 Å². The molecule has 2 heterocycles. The van der Waals surface area contributed by atoms with Crippen LogP contribution in [0.1, 0.15) is 13.8 Å². The van der Waals surface area contributed by atoms with Gasteiger partial charge in [0.1, 0.15) is 0 Å². The van der Waals surface area contributed by atoms with Crippen molar-refractivity contribution in [3.05, 3.63) is 39.7 Å². The highest BCUT2D eigenvalue weighted by Crippen LogP contribution is 2.19. The summed E-state index contributed by atoms with van der Waals surface area (Å²) in [5.74, 6) is -0.988. The number of hydrogen-bond acceptors (Lipinski definition) is 7. The summed E-state index contributed by atoms with van der Waals surface area (Å²) in [7, 11) is 3.84. The van der Waals surface area contributed by atoms with Gasteiger partial charge in [0.2, 0.25) is 12.4 Å². The van der Waals surface area contributed by atoms with E-state index in [2.05, 4.69) is 5.48 Å². The monoisotopic (exact) mass is 394 g/mol. The van der Waals surface area contributed by atoms with Crippen LogP contribution in [0.15, 0.2) is 29.3 Å². The number of hydrogen-bond donors (Lipinski definition) is 2. The summed E-state index contributed by atoms with van der Waals surface area (Å²) >= 11 is 5.20. The van der Waals surface area contributed by atoms with E-state index in [1.165, 1.54) is 9.13 Å². The summed E-state index contributed by atoms with van der Waals surface area (Å²) < 4.78 is 4.53. The Morgan fingerprint density at radius 2 is 1.85 bits per heavy atom. The summed E-state index contributed by atoms with van der Waals surface area (Å²) in [6.45, 7) is 4.18. The molecule has 2 aromatic rings. The third kappa shape index (κ3) is 4.45. The normalized spacial score (nSPS) is 10.5. The van der Waals surface area contributed by atoms with Gasteiger partial charge in [-0.15, -0.1) is 0 Å². The van der Waals surface area contributed by atoms with Crippen LogP contribution in [0.2, 0.25) is 0 Å². The first-order valence-corrected chi connectivity index (χ1v) is 8.89. The number of rotatable bonds is 7. The second kappa shape index (κ2) is 8.67. The van der Waals surface area contributed by atoms with Gasteiger partial charge in [0.15, 0.2) is 22.9 Å². The lowest BCUT2D eigenvalue weighted by Gasteiger charge is -2.15. The predicted octanol–water partition coefficient (Wildman–Crippen LogP) is 1.05. The second-order valence-electron chi connectivity index (χ2n) is 5.97. The van der Waals surface area contributed by atoms with E-state index < -0.39 is 11.5 Å². The summed E-state index contributed by atoms with van der Waals surface area (Å²) in [5.41, 5.74) is 2.50. The lowest BCUT2D eigenvalue weighted by atomic mass is 10.4. The van der Waals surface area contributed by atoms with Crippen LogP contribution in [0.5, 0.6) is 5.88 Å². The first-order chi connectivity index (χ1) is 12.8.